The van der Waals surface area contributed by atoms with Crippen LogP contribution in [0.1, 0.15) is 11.1 Å². The largest absolute Gasteiger partial charge is 0.370 e. The molecule has 0 bridgehead atoms. The summed E-state index contributed by atoms with van der Waals surface area (Å²) < 4.78 is 0. The average molecular weight is 224 g/mol. The molecule has 2 heteroatoms. The van der Waals surface area contributed by atoms with Crippen LogP contribution in [-0.2, 0) is 0 Å². The van der Waals surface area contributed by atoms with E-state index in [-0.39, 0.29) is 0 Å². The lowest BCUT2D eigenvalue weighted by atomic mass is 10.1. The van der Waals surface area contributed by atoms with Crippen molar-refractivity contribution in [2.45, 2.75) is 13.8 Å². The first-order valence-electron chi connectivity index (χ1n) is 5.05. The van der Waals surface area contributed by atoms with Crippen molar-refractivity contribution in [3.05, 3.63) is 41.5 Å². The Morgan fingerprint density at radius 2 is 2.07 bits per heavy atom. The van der Waals surface area contributed by atoms with Gasteiger partial charge in [-0.1, -0.05) is 24.3 Å². The molecule has 0 N–H and O–H groups in total. The smallest absolute Gasteiger partial charge is 0.0448 e. The van der Waals surface area contributed by atoms with Crippen LogP contribution in [0.15, 0.2) is 30.4 Å². The summed E-state index contributed by atoms with van der Waals surface area (Å²) in [5, 5.41) is 0. The first kappa shape index (κ1) is 12.1. The zero-order valence-electron chi connectivity index (χ0n) is 9.68. The highest BCUT2D eigenvalue weighted by Crippen LogP contribution is 2.20. The van der Waals surface area contributed by atoms with Gasteiger partial charge in [-0.05, 0) is 31.1 Å². The Balaban J connectivity index is 2.82. The van der Waals surface area contributed by atoms with Gasteiger partial charge < -0.3 is 4.90 Å². The van der Waals surface area contributed by atoms with Crippen molar-refractivity contribution in [2.24, 2.45) is 0 Å². The third-order valence-electron chi connectivity index (χ3n) is 2.41. The van der Waals surface area contributed by atoms with Crippen molar-refractivity contribution in [2.75, 3.05) is 24.4 Å². The fourth-order valence-electron chi connectivity index (χ4n) is 1.70. The highest BCUT2D eigenvalue weighted by atomic mass is 35.5. The quantitative estimate of drug-likeness (QED) is 0.558. The van der Waals surface area contributed by atoms with Crippen LogP contribution in [0.25, 0.3) is 0 Å². The summed E-state index contributed by atoms with van der Waals surface area (Å²) in [6, 6.07) is 6.46. The van der Waals surface area contributed by atoms with Crippen molar-refractivity contribution in [1.82, 2.24) is 0 Å². The van der Waals surface area contributed by atoms with Crippen molar-refractivity contribution < 1.29 is 0 Å². The van der Waals surface area contributed by atoms with E-state index in [0.717, 1.165) is 12.1 Å². The lowest BCUT2D eigenvalue weighted by Crippen LogP contribution is -2.21. The van der Waals surface area contributed by atoms with E-state index in [0.29, 0.717) is 5.88 Å². The Kier molecular flexibility index (Phi) is 4.22. The van der Waals surface area contributed by atoms with Gasteiger partial charge in [0.2, 0.25) is 0 Å². The number of nitrogens with zero attached hydrogens (tertiary/aromatic N) is 1. The number of likely N-dealkylation sites (N-methyl/N-ethyl adjacent to an activating group) is 1. The molecule has 1 aromatic rings. The molecule has 1 nitrogen and oxygen atoms in total. The molecular formula is C13H18ClN. The maximum Gasteiger partial charge on any atom is 0.0448 e. The van der Waals surface area contributed by atoms with Gasteiger partial charge in [-0.2, -0.15) is 0 Å². The van der Waals surface area contributed by atoms with Crippen LogP contribution in [0.2, 0.25) is 0 Å². The van der Waals surface area contributed by atoms with E-state index in [9.17, 15) is 0 Å². The fraction of sp³-hybridized carbons (Fsp3) is 0.385. The van der Waals surface area contributed by atoms with Crippen LogP contribution in [0.4, 0.5) is 5.69 Å². The average Bonchev–Trinajstić information content (AvgIpc) is 2.17. The summed E-state index contributed by atoms with van der Waals surface area (Å²) in [6.45, 7) is 8.96. The molecular weight excluding hydrogens is 206 g/mol. The summed E-state index contributed by atoms with van der Waals surface area (Å²) in [6.07, 6.45) is 0. The maximum absolute atomic E-state index is 5.72. The van der Waals surface area contributed by atoms with Gasteiger partial charge in [0.05, 0.1) is 0 Å². The van der Waals surface area contributed by atoms with Crippen LogP contribution in [0.3, 0.4) is 0 Å². The number of aryl methyl sites for hydroxylation is 2. The predicted octanol–water partition coefficient (Wildman–Crippen LogP) is 3.53. The molecule has 15 heavy (non-hydrogen) atoms. The van der Waals surface area contributed by atoms with Crippen LogP contribution < -0.4 is 4.90 Å². The topological polar surface area (TPSA) is 3.24 Å². The summed E-state index contributed by atoms with van der Waals surface area (Å²) in [7, 11) is 2.06. The SMILES string of the molecule is C=C(CCl)CN(C)c1ccc(C)cc1C. The number of hydrogen-bond donors (Lipinski definition) is 0. The Bertz CT molecular complexity index is 358. The highest BCUT2D eigenvalue weighted by Gasteiger charge is 2.05. The molecule has 0 amide bonds. The van der Waals surface area contributed by atoms with E-state index in [1.54, 1.807) is 0 Å². The molecule has 0 aliphatic heterocycles. The number of halogens is 1. The summed E-state index contributed by atoms with van der Waals surface area (Å²) >= 11 is 5.72. The van der Waals surface area contributed by atoms with Crippen LogP contribution in [0.5, 0.6) is 0 Å². The van der Waals surface area contributed by atoms with E-state index >= 15 is 0 Å². The minimum atomic E-state index is 0.523. The zero-order chi connectivity index (χ0) is 11.4. The summed E-state index contributed by atoms with van der Waals surface area (Å²) in [4.78, 5) is 2.18. The molecule has 0 aromatic heterocycles. The van der Waals surface area contributed by atoms with Crippen molar-refractivity contribution >= 4 is 17.3 Å². The molecule has 0 spiro atoms. The Labute approximate surface area is 97.4 Å². The number of anilines is 1. The Morgan fingerprint density at radius 3 is 2.60 bits per heavy atom. The minimum Gasteiger partial charge on any atom is -0.370 e. The van der Waals surface area contributed by atoms with Gasteiger partial charge >= 0.3 is 0 Å². The highest BCUT2D eigenvalue weighted by molar-refractivity contribution is 6.19. The molecule has 1 rings (SSSR count). The van der Waals surface area contributed by atoms with Gasteiger partial charge in [0.1, 0.15) is 0 Å². The van der Waals surface area contributed by atoms with Crippen molar-refractivity contribution in [3.8, 4) is 0 Å². The van der Waals surface area contributed by atoms with Crippen molar-refractivity contribution in [3.63, 3.8) is 0 Å². The van der Waals surface area contributed by atoms with E-state index in [1.165, 1.54) is 16.8 Å². The van der Waals surface area contributed by atoms with Gasteiger partial charge in [-0.3, -0.25) is 0 Å². The molecule has 0 aliphatic carbocycles. The second-order valence-corrected chi connectivity index (χ2v) is 4.30. The van der Waals surface area contributed by atoms with E-state index in [2.05, 4.69) is 50.6 Å². The first-order valence-corrected chi connectivity index (χ1v) is 5.59. The van der Waals surface area contributed by atoms with Gasteiger partial charge in [0.25, 0.3) is 0 Å². The Morgan fingerprint density at radius 1 is 1.40 bits per heavy atom. The third kappa shape index (κ3) is 3.28. The molecule has 82 valence electrons. The molecule has 0 saturated heterocycles. The number of benzene rings is 1. The maximum atomic E-state index is 5.72. The zero-order valence-corrected chi connectivity index (χ0v) is 10.4. The summed E-state index contributed by atoms with van der Waals surface area (Å²) in [5.41, 5.74) is 4.87. The van der Waals surface area contributed by atoms with Gasteiger partial charge in [-0.15, -0.1) is 11.6 Å². The summed E-state index contributed by atoms with van der Waals surface area (Å²) in [5.74, 6) is 0.523. The number of rotatable bonds is 4. The van der Waals surface area contributed by atoms with E-state index in [1.807, 2.05) is 0 Å². The van der Waals surface area contributed by atoms with Gasteiger partial charge in [0, 0.05) is 25.2 Å². The Hall–Kier alpha value is -0.950. The van der Waals surface area contributed by atoms with Gasteiger partial charge in [-0.25, -0.2) is 0 Å². The fourth-order valence-corrected chi connectivity index (χ4v) is 1.78. The molecule has 0 aliphatic rings. The lowest BCUT2D eigenvalue weighted by molar-refractivity contribution is 0.979. The minimum absolute atomic E-state index is 0.523. The van der Waals surface area contributed by atoms with Crippen molar-refractivity contribution in [1.29, 1.82) is 0 Å². The number of alkyl halides is 1. The molecule has 0 saturated carbocycles. The monoisotopic (exact) mass is 223 g/mol. The lowest BCUT2D eigenvalue weighted by Gasteiger charge is -2.22. The molecule has 0 atom stereocenters. The van der Waals surface area contributed by atoms with Gasteiger partial charge in [0.15, 0.2) is 0 Å². The van der Waals surface area contributed by atoms with Crippen LogP contribution in [-0.4, -0.2) is 19.5 Å². The van der Waals surface area contributed by atoms with Crippen LogP contribution >= 0.6 is 11.6 Å². The predicted molar refractivity (Wildman–Crippen MR) is 69.0 cm³/mol. The molecule has 0 fully saturated rings. The van der Waals surface area contributed by atoms with E-state index < -0.39 is 0 Å². The second-order valence-electron chi connectivity index (χ2n) is 4.03. The molecule has 0 unspecified atom stereocenters. The first-order chi connectivity index (χ1) is 7.04. The second kappa shape index (κ2) is 5.22. The molecule has 0 heterocycles. The van der Waals surface area contributed by atoms with Crippen LogP contribution in [0, 0.1) is 13.8 Å². The standard InChI is InChI=1S/C13H18ClN/c1-10-5-6-13(12(3)7-10)15(4)9-11(2)8-14/h5-7H,2,8-9H2,1,3-4H3. The van der Waals surface area contributed by atoms with E-state index in [4.69, 9.17) is 11.6 Å². The molecule has 1 aromatic carbocycles. The third-order valence-corrected chi connectivity index (χ3v) is 2.79. The number of hydrogen-bond acceptors (Lipinski definition) is 1. The molecule has 0 radical (unpaired) electrons. The normalized spacial score (nSPS) is 10.1.